The van der Waals surface area contributed by atoms with E-state index in [-0.39, 0.29) is 0 Å². The van der Waals surface area contributed by atoms with Crippen molar-refractivity contribution in [1.29, 1.82) is 0 Å². The predicted molar refractivity (Wildman–Crippen MR) is 56.3 cm³/mol. The zero-order chi connectivity index (χ0) is 8.52. The molecule has 6 unspecified atom stereocenters. The molecule has 6 atom stereocenters. The SMILES string of the molecule is C[Si](C)(C)C12C3CC4C1C4(Br)C32. The van der Waals surface area contributed by atoms with Gasteiger partial charge in [-0.3, -0.25) is 0 Å². The lowest BCUT2D eigenvalue weighted by Crippen LogP contribution is -2.42. The molecule has 0 N–H and O–H groups in total. The molecular weight excluding hydrogens is 228 g/mol. The first-order valence-electron chi connectivity index (χ1n) is 5.15. The number of hydrogen-bond acceptors (Lipinski definition) is 0. The van der Waals surface area contributed by atoms with Gasteiger partial charge in [0.25, 0.3) is 0 Å². The second-order valence-corrected chi connectivity index (χ2v) is 13.2. The van der Waals surface area contributed by atoms with Gasteiger partial charge in [-0.25, -0.2) is 0 Å². The van der Waals surface area contributed by atoms with Gasteiger partial charge in [-0.2, -0.15) is 0 Å². The molecule has 0 radical (unpaired) electrons. The molecule has 0 nitrogen and oxygen atoms in total. The van der Waals surface area contributed by atoms with Gasteiger partial charge in [-0.15, -0.1) is 0 Å². The van der Waals surface area contributed by atoms with Gasteiger partial charge in [0.2, 0.25) is 0 Å². The first kappa shape index (κ1) is 7.05. The number of hydrogen-bond donors (Lipinski definition) is 0. The Labute approximate surface area is 83.2 Å². The molecule has 5 aliphatic carbocycles. The number of alkyl halides is 1. The molecule has 0 amide bonds. The van der Waals surface area contributed by atoms with E-state index in [0.717, 1.165) is 27.1 Å². The molecule has 2 heteroatoms. The van der Waals surface area contributed by atoms with Gasteiger partial charge in [0.15, 0.2) is 0 Å². The molecule has 5 saturated carbocycles. The summed E-state index contributed by atoms with van der Waals surface area (Å²) >= 11 is 4.00. The van der Waals surface area contributed by atoms with E-state index in [1.165, 1.54) is 5.92 Å². The molecule has 66 valence electrons. The summed E-state index contributed by atoms with van der Waals surface area (Å²) in [5.41, 5.74) is 0. The lowest BCUT2D eigenvalue weighted by Gasteiger charge is -2.39. The molecule has 0 heterocycles. The van der Waals surface area contributed by atoms with E-state index >= 15 is 0 Å². The highest BCUT2D eigenvalue weighted by molar-refractivity contribution is 9.10. The molecule has 0 saturated heterocycles. The molecule has 0 aromatic rings. The Balaban J connectivity index is 1.87. The van der Waals surface area contributed by atoms with Crippen LogP contribution in [0.3, 0.4) is 0 Å². The van der Waals surface area contributed by atoms with Crippen molar-refractivity contribution >= 4 is 24.0 Å². The Morgan fingerprint density at radius 1 is 1.17 bits per heavy atom. The van der Waals surface area contributed by atoms with Crippen molar-refractivity contribution in [3.05, 3.63) is 0 Å². The van der Waals surface area contributed by atoms with E-state index < -0.39 is 8.07 Å². The van der Waals surface area contributed by atoms with Crippen LogP contribution < -0.4 is 0 Å². The summed E-state index contributed by atoms with van der Waals surface area (Å²) < 4.78 is 0.720. The highest BCUT2D eigenvalue weighted by Gasteiger charge is 3.04. The lowest BCUT2D eigenvalue weighted by atomic mass is 9.99. The summed E-state index contributed by atoms with van der Waals surface area (Å²) in [5, 5.41) is 0.946. The molecule has 0 aromatic heterocycles. The van der Waals surface area contributed by atoms with Gasteiger partial charge in [0, 0.05) is 4.32 Å². The molecule has 5 aliphatic rings. The molecule has 0 aromatic carbocycles. The van der Waals surface area contributed by atoms with Gasteiger partial charge < -0.3 is 0 Å². The van der Waals surface area contributed by atoms with Crippen LogP contribution in [0, 0.1) is 23.7 Å². The minimum Gasteiger partial charge on any atom is -0.0844 e. The number of rotatable bonds is 1. The average Bonchev–Trinajstić information content (AvgIpc) is 2.53. The first-order chi connectivity index (χ1) is 5.47. The molecular formula is C10H15BrSi. The van der Waals surface area contributed by atoms with Crippen LogP contribution in [-0.2, 0) is 0 Å². The van der Waals surface area contributed by atoms with Crippen molar-refractivity contribution in [2.45, 2.75) is 35.4 Å². The summed E-state index contributed by atoms with van der Waals surface area (Å²) in [5.74, 6) is 4.59. The van der Waals surface area contributed by atoms with Crippen molar-refractivity contribution in [3.63, 3.8) is 0 Å². The highest BCUT2D eigenvalue weighted by atomic mass is 79.9. The summed E-state index contributed by atoms with van der Waals surface area (Å²) in [6.45, 7) is 7.77. The fourth-order valence-corrected chi connectivity index (χ4v) is 11.7. The van der Waals surface area contributed by atoms with Crippen LogP contribution in [0.25, 0.3) is 0 Å². The van der Waals surface area contributed by atoms with Crippen LogP contribution in [0.5, 0.6) is 0 Å². The maximum absolute atomic E-state index is 4.00. The van der Waals surface area contributed by atoms with Crippen molar-refractivity contribution in [1.82, 2.24) is 0 Å². The Hall–Kier alpha value is 0.697. The van der Waals surface area contributed by atoms with Gasteiger partial charge in [0.05, 0.1) is 8.07 Å². The average molecular weight is 243 g/mol. The molecule has 12 heavy (non-hydrogen) atoms. The van der Waals surface area contributed by atoms with E-state index in [4.69, 9.17) is 0 Å². The second kappa shape index (κ2) is 1.33. The Morgan fingerprint density at radius 2 is 1.75 bits per heavy atom. The zero-order valence-electron chi connectivity index (χ0n) is 7.89. The quantitative estimate of drug-likeness (QED) is 0.490. The first-order valence-corrected chi connectivity index (χ1v) is 9.45. The maximum Gasteiger partial charge on any atom is 0.0517 e. The van der Waals surface area contributed by atoms with Crippen LogP contribution in [0.2, 0.25) is 24.7 Å². The van der Waals surface area contributed by atoms with Gasteiger partial charge in [0.1, 0.15) is 0 Å². The Kier molecular flexibility index (Phi) is 0.783. The topological polar surface area (TPSA) is 0 Å². The van der Waals surface area contributed by atoms with Gasteiger partial charge >= 0.3 is 0 Å². The zero-order valence-corrected chi connectivity index (χ0v) is 10.5. The van der Waals surface area contributed by atoms with Gasteiger partial charge in [-0.1, -0.05) is 35.6 Å². The summed E-state index contributed by atoms with van der Waals surface area (Å²) in [6.07, 6.45) is 1.59. The van der Waals surface area contributed by atoms with Crippen molar-refractivity contribution in [3.8, 4) is 0 Å². The molecule has 2 bridgehead atoms. The minimum absolute atomic E-state index is 0.720. The van der Waals surface area contributed by atoms with Crippen molar-refractivity contribution < 1.29 is 0 Å². The van der Waals surface area contributed by atoms with E-state index in [1.54, 1.807) is 6.42 Å². The normalized spacial score (nSPS) is 75.0. The maximum atomic E-state index is 4.00. The second-order valence-electron chi connectivity index (χ2n) is 6.41. The highest BCUT2D eigenvalue weighted by Crippen LogP contribution is 3.08. The Morgan fingerprint density at radius 3 is 1.92 bits per heavy atom. The predicted octanol–water partition coefficient (Wildman–Crippen LogP) is 3.11. The smallest absolute Gasteiger partial charge is 0.0517 e. The fraction of sp³-hybridized carbons (Fsp3) is 1.00. The molecule has 5 rings (SSSR count). The third kappa shape index (κ3) is 0.349. The third-order valence-electron chi connectivity index (χ3n) is 5.56. The number of halogens is 1. The Bertz CT molecular complexity index is 297. The summed E-state index contributed by atoms with van der Waals surface area (Å²) in [4.78, 5) is 0. The molecule has 0 aliphatic heterocycles. The van der Waals surface area contributed by atoms with E-state index in [0.29, 0.717) is 0 Å². The van der Waals surface area contributed by atoms with E-state index in [9.17, 15) is 0 Å². The standard InChI is InChI=1S/C10H15BrSi/c1-12(2,3)10-6-4-5-7(10)9(5,11)8(6)10/h5-8H,4H2,1-3H3. The van der Waals surface area contributed by atoms with Gasteiger partial charge in [-0.05, 0) is 35.1 Å². The van der Waals surface area contributed by atoms with E-state index in [1.807, 2.05) is 0 Å². The summed E-state index contributed by atoms with van der Waals surface area (Å²) in [6, 6.07) is 0. The van der Waals surface area contributed by atoms with Crippen molar-refractivity contribution in [2.24, 2.45) is 23.7 Å². The van der Waals surface area contributed by atoms with E-state index in [2.05, 4.69) is 35.6 Å². The molecule has 0 spiro atoms. The third-order valence-corrected chi connectivity index (χ3v) is 10.7. The fourth-order valence-electron chi connectivity index (χ4n) is 5.46. The molecule has 5 fully saturated rings. The van der Waals surface area contributed by atoms with Crippen LogP contribution in [0.4, 0.5) is 0 Å². The van der Waals surface area contributed by atoms with Crippen molar-refractivity contribution in [2.75, 3.05) is 0 Å². The largest absolute Gasteiger partial charge is 0.0844 e. The van der Waals surface area contributed by atoms with Crippen LogP contribution in [0.15, 0.2) is 0 Å². The monoisotopic (exact) mass is 242 g/mol. The minimum atomic E-state index is -0.844. The van der Waals surface area contributed by atoms with Crippen LogP contribution in [0.1, 0.15) is 6.42 Å². The van der Waals surface area contributed by atoms with Crippen LogP contribution in [-0.4, -0.2) is 12.4 Å². The lowest BCUT2D eigenvalue weighted by molar-refractivity contribution is 0.477. The summed E-state index contributed by atoms with van der Waals surface area (Å²) in [7, 11) is -0.844. The van der Waals surface area contributed by atoms with Crippen LogP contribution >= 0.6 is 15.9 Å².